The van der Waals surface area contributed by atoms with E-state index in [0.29, 0.717) is 29.6 Å². The van der Waals surface area contributed by atoms with Crippen LogP contribution in [0, 0.1) is 12.7 Å². The van der Waals surface area contributed by atoms with Gasteiger partial charge in [-0.05, 0) is 31.0 Å². The second kappa shape index (κ2) is 8.17. The number of amides is 1. The molecule has 0 unspecified atom stereocenters. The molecule has 2 heterocycles. The Morgan fingerprint density at radius 2 is 1.79 bits per heavy atom. The van der Waals surface area contributed by atoms with Crippen LogP contribution in [0.1, 0.15) is 21.5 Å². The highest BCUT2D eigenvalue weighted by atomic mass is 19.1. The molecule has 0 aliphatic carbocycles. The van der Waals surface area contributed by atoms with Crippen LogP contribution >= 0.6 is 0 Å². The quantitative estimate of drug-likeness (QED) is 0.742. The number of piperazine rings is 1. The summed E-state index contributed by atoms with van der Waals surface area (Å²) in [5, 5.41) is 0.344. The molecular formula is C23H24FN3O2. The average Bonchev–Trinajstić information content (AvgIpc) is 2.76. The van der Waals surface area contributed by atoms with Crippen LogP contribution in [0.3, 0.4) is 0 Å². The van der Waals surface area contributed by atoms with Crippen LogP contribution in [0.15, 0.2) is 53.5 Å². The molecule has 0 bridgehead atoms. The Morgan fingerprint density at radius 1 is 1.07 bits per heavy atom. The van der Waals surface area contributed by atoms with Crippen molar-refractivity contribution in [1.29, 1.82) is 0 Å². The highest BCUT2D eigenvalue weighted by molar-refractivity contribution is 5.97. The molecule has 150 valence electrons. The number of rotatable bonds is 4. The summed E-state index contributed by atoms with van der Waals surface area (Å²) in [7, 11) is 0. The molecule has 6 heteroatoms. The Bertz CT molecular complexity index is 1090. The molecule has 0 saturated carbocycles. The summed E-state index contributed by atoms with van der Waals surface area (Å²) in [4.78, 5) is 32.7. The van der Waals surface area contributed by atoms with Gasteiger partial charge in [-0.15, -0.1) is 0 Å². The highest BCUT2D eigenvalue weighted by Gasteiger charge is 2.24. The summed E-state index contributed by atoms with van der Waals surface area (Å²) in [5.41, 5.74) is 1.89. The molecule has 2 aromatic carbocycles. The summed E-state index contributed by atoms with van der Waals surface area (Å²) in [5.74, 6) is -0.642. The topological polar surface area (TPSA) is 56.4 Å². The van der Waals surface area contributed by atoms with Crippen LogP contribution < -0.4 is 5.43 Å². The second-order valence-corrected chi connectivity index (χ2v) is 7.50. The molecule has 5 nitrogen and oxygen atoms in total. The first kappa shape index (κ1) is 19.3. The molecule has 0 radical (unpaired) electrons. The van der Waals surface area contributed by atoms with Gasteiger partial charge in [0.25, 0.3) is 5.91 Å². The molecule has 0 atom stereocenters. The molecule has 0 spiro atoms. The predicted molar refractivity (Wildman–Crippen MR) is 112 cm³/mol. The number of halogens is 1. The lowest BCUT2D eigenvalue weighted by Crippen LogP contribution is -2.49. The van der Waals surface area contributed by atoms with E-state index in [1.807, 2.05) is 18.2 Å². The second-order valence-electron chi connectivity index (χ2n) is 7.50. The Morgan fingerprint density at radius 3 is 2.52 bits per heavy atom. The standard InChI is InChI=1S/C23H24FN3O2/c1-16-20(24)8-7-18-21(16)25-15-19(22(18)28)23(29)27-13-11-26(12-14-27)10-9-17-5-3-2-4-6-17/h2-8,15H,9-14H2,1H3,(H,25,28). The predicted octanol–water partition coefficient (Wildman–Crippen LogP) is 2.98. The minimum Gasteiger partial charge on any atom is -0.360 e. The monoisotopic (exact) mass is 393 g/mol. The lowest BCUT2D eigenvalue weighted by Gasteiger charge is -2.34. The lowest BCUT2D eigenvalue weighted by molar-refractivity contribution is 0.0637. The summed E-state index contributed by atoms with van der Waals surface area (Å²) < 4.78 is 13.7. The first-order valence-electron chi connectivity index (χ1n) is 9.90. The third kappa shape index (κ3) is 3.93. The number of carbonyl (C=O) groups excluding carboxylic acids is 1. The van der Waals surface area contributed by atoms with E-state index < -0.39 is 0 Å². The van der Waals surface area contributed by atoms with E-state index in [-0.39, 0.29) is 22.7 Å². The molecule has 1 aliphatic heterocycles. The Balaban J connectivity index is 1.43. The average molecular weight is 393 g/mol. The van der Waals surface area contributed by atoms with E-state index >= 15 is 0 Å². The van der Waals surface area contributed by atoms with Crippen LogP contribution in [0.4, 0.5) is 4.39 Å². The van der Waals surface area contributed by atoms with Crippen molar-refractivity contribution in [3.05, 3.63) is 81.4 Å². The SMILES string of the molecule is Cc1c(F)ccc2c(=O)c(C(=O)N3CCN(CCc4ccccc4)CC3)c[nH]c12. The smallest absolute Gasteiger partial charge is 0.259 e. The fraction of sp³-hybridized carbons (Fsp3) is 0.304. The van der Waals surface area contributed by atoms with Crippen molar-refractivity contribution >= 4 is 16.8 Å². The van der Waals surface area contributed by atoms with E-state index in [1.165, 1.54) is 23.9 Å². The maximum Gasteiger partial charge on any atom is 0.259 e. The largest absolute Gasteiger partial charge is 0.360 e. The van der Waals surface area contributed by atoms with Gasteiger partial charge in [-0.1, -0.05) is 30.3 Å². The van der Waals surface area contributed by atoms with Crippen LogP contribution in [-0.4, -0.2) is 53.4 Å². The summed E-state index contributed by atoms with van der Waals surface area (Å²) in [6.07, 6.45) is 2.40. The van der Waals surface area contributed by atoms with E-state index in [9.17, 15) is 14.0 Å². The van der Waals surface area contributed by atoms with E-state index in [4.69, 9.17) is 0 Å². The van der Waals surface area contributed by atoms with Gasteiger partial charge in [-0.2, -0.15) is 0 Å². The van der Waals surface area contributed by atoms with Crippen molar-refractivity contribution in [2.45, 2.75) is 13.3 Å². The summed E-state index contributed by atoms with van der Waals surface area (Å²) >= 11 is 0. The highest BCUT2D eigenvalue weighted by Crippen LogP contribution is 2.17. The maximum atomic E-state index is 13.7. The third-order valence-electron chi connectivity index (χ3n) is 5.70. The van der Waals surface area contributed by atoms with Gasteiger partial charge >= 0.3 is 0 Å². The number of benzene rings is 2. The molecule has 3 aromatic rings. The molecule has 1 aliphatic rings. The number of nitrogens with one attached hydrogen (secondary N) is 1. The number of aromatic amines is 1. The normalized spacial score (nSPS) is 15.0. The van der Waals surface area contributed by atoms with Crippen molar-refractivity contribution in [2.75, 3.05) is 32.7 Å². The first-order valence-corrected chi connectivity index (χ1v) is 9.90. The van der Waals surface area contributed by atoms with Crippen LogP contribution in [-0.2, 0) is 6.42 Å². The lowest BCUT2D eigenvalue weighted by atomic mass is 10.1. The molecule has 1 amide bonds. The zero-order valence-corrected chi connectivity index (χ0v) is 16.5. The van der Waals surface area contributed by atoms with E-state index in [1.54, 1.807) is 11.8 Å². The molecule has 1 N–H and O–H groups in total. The maximum absolute atomic E-state index is 13.7. The number of aryl methyl sites for hydroxylation is 1. The van der Waals surface area contributed by atoms with Gasteiger partial charge in [-0.25, -0.2) is 4.39 Å². The van der Waals surface area contributed by atoms with Gasteiger partial charge in [0.2, 0.25) is 5.43 Å². The zero-order valence-electron chi connectivity index (χ0n) is 16.5. The van der Waals surface area contributed by atoms with Crippen molar-refractivity contribution < 1.29 is 9.18 Å². The van der Waals surface area contributed by atoms with Crippen LogP contribution in [0.5, 0.6) is 0 Å². The van der Waals surface area contributed by atoms with Gasteiger partial charge in [0, 0.05) is 49.9 Å². The molecule has 1 fully saturated rings. The summed E-state index contributed by atoms with van der Waals surface area (Å²) in [6.45, 7) is 5.32. The van der Waals surface area contributed by atoms with Crippen LogP contribution in [0.25, 0.3) is 10.9 Å². The van der Waals surface area contributed by atoms with Crippen molar-refractivity contribution in [3.8, 4) is 0 Å². The Kier molecular flexibility index (Phi) is 5.45. The Labute approximate surface area is 168 Å². The molecular weight excluding hydrogens is 369 g/mol. The van der Waals surface area contributed by atoms with Gasteiger partial charge in [0.15, 0.2) is 0 Å². The van der Waals surface area contributed by atoms with Crippen molar-refractivity contribution in [2.24, 2.45) is 0 Å². The fourth-order valence-electron chi connectivity index (χ4n) is 3.85. The van der Waals surface area contributed by atoms with Gasteiger partial charge in [0.05, 0.1) is 5.52 Å². The minimum atomic E-state index is -0.376. The number of fused-ring (bicyclic) bond motifs is 1. The third-order valence-corrected chi connectivity index (χ3v) is 5.70. The number of nitrogens with zero attached hydrogens (tertiary/aromatic N) is 2. The van der Waals surface area contributed by atoms with Gasteiger partial charge < -0.3 is 9.88 Å². The Hall–Kier alpha value is -2.99. The van der Waals surface area contributed by atoms with Crippen molar-refractivity contribution in [3.63, 3.8) is 0 Å². The fourth-order valence-corrected chi connectivity index (χ4v) is 3.85. The molecule has 1 aromatic heterocycles. The minimum absolute atomic E-state index is 0.112. The number of H-pyrrole nitrogens is 1. The number of carbonyl (C=O) groups is 1. The van der Waals surface area contributed by atoms with Gasteiger partial charge in [-0.3, -0.25) is 14.5 Å². The molecule has 1 saturated heterocycles. The molecule has 29 heavy (non-hydrogen) atoms. The number of hydrogen-bond acceptors (Lipinski definition) is 3. The first-order chi connectivity index (χ1) is 14.0. The number of hydrogen-bond donors (Lipinski definition) is 1. The molecule has 4 rings (SSSR count). The van der Waals surface area contributed by atoms with E-state index in [0.717, 1.165) is 26.1 Å². The van der Waals surface area contributed by atoms with E-state index in [2.05, 4.69) is 22.0 Å². The number of pyridine rings is 1. The number of aromatic nitrogens is 1. The van der Waals surface area contributed by atoms with Gasteiger partial charge in [0.1, 0.15) is 11.4 Å². The van der Waals surface area contributed by atoms with Crippen molar-refractivity contribution in [1.82, 2.24) is 14.8 Å². The summed E-state index contributed by atoms with van der Waals surface area (Å²) in [6, 6.07) is 13.1. The zero-order chi connectivity index (χ0) is 20.4. The van der Waals surface area contributed by atoms with Crippen LogP contribution in [0.2, 0.25) is 0 Å².